The van der Waals surface area contributed by atoms with Gasteiger partial charge in [-0.15, -0.1) is 0 Å². The maximum absolute atomic E-state index is 12.7. The molecule has 1 aliphatic rings. The van der Waals surface area contributed by atoms with E-state index in [0.717, 1.165) is 6.54 Å². The Labute approximate surface area is 128 Å². The molecular formula is C18H28N2O. The van der Waals surface area contributed by atoms with Crippen LogP contribution in [0.3, 0.4) is 0 Å². The summed E-state index contributed by atoms with van der Waals surface area (Å²) >= 11 is 0. The van der Waals surface area contributed by atoms with Gasteiger partial charge in [0, 0.05) is 18.6 Å². The fourth-order valence-corrected chi connectivity index (χ4v) is 2.70. The minimum atomic E-state index is 0.275. The maximum atomic E-state index is 12.7. The molecule has 1 aromatic rings. The van der Waals surface area contributed by atoms with Gasteiger partial charge in [-0.1, -0.05) is 44.2 Å². The Hall–Kier alpha value is -1.35. The zero-order chi connectivity index (χ0) is 15.4. The average Bonchev–Trinajstić information content (AvgIpc) is 3.24. The van der Waals surface area contributed by atoms with E-state index in [4.69, 9.17) is 0 Å². The highest BCUT2D eigenvalue weighted by atomic mass is 16.2. The second kappa shape index (κ2) is 7.08. The van der Waals surface area contributed by atoms with Gasteiger partial charge in [-0.2, -0.15) is 0 Å². The Morgan fingerprint density at radius 2 is 1.81 bits per heavy atom. The summed E-state index contributed by atoms with van der Waals surface area (Å²) in [7, 11) is 2.02. The minimum Gasteiger partial charge on any atom is -0.336 e. The first-order valence-corrected chi connectivity index (χ1v) is 8.02. The first-order chi connectivity index (χ1) is 9.99. The van der Waals surface area contributed by atoms with E-state index in [2.05, 4.69) is 42.7 Å². The second-order valence-electron chi connectivity index (χ2n) is 6.67. The molecule has 21 heavy (non-hydrogen) atoms. The van der Waals surface area contributed by atoms with Crippen molar-refractivity contribution < 1.29 is 4.79 Å². The van der Waals surface area contributed by atoms with Crippen molar-refractivity contribution in [3.05, 3.63) is 35.9 Å². The highest BCUT2D eigenvalue weighted by Crippen LogP contribution is 2.30. The van der Waals surface area contributed by atoms with E-state index in [1.54, 1.807) is 0 Å². The van der Waals surface area contributed by atoms with Crippen LogP contribution in [0.1, 0.15) is 39.2 Å². The summed E-state index contributed by atoms with van der Waals surface area (Å²) in [6.07, 6.45) is 2.34. The Balaban J connectivity index is 1.92. The van der Waals surface area contributed by atoms with Gasteiger partial charge in [0.1, 0.15) is 0 Å². The van der Waals surface area contributed by atoms with Crippen molar-refractivity contribution in [1.82, 2.24) is 9.80 Å². The summed E-state index contributed by atoms with van der Waals surface area (Å²) in [5.41, 5.74) is 1.25. The fraction of sp³-hybridized carbons (Fsp3) is 0.611. The number of hydrogen-bond donors (Lipinski definition) is 0. The molecule has 2 rings (SSSR count). The van der Waals surface area contributed by atoms with E-state index < -0.39 is 0 Å². The van der Waals surface area contributed by atoms with Crippen molar-refractivity contribution in [2.75, 3.05) is 13.6 Å². The highest BCUT2D eigenvalue weighted by Gasteiger charge is 2.36. The van der Waals surface area contributed by atoms with Crippen LogP contribution in [0.15, 0.2) is 30.3 Å². The molecule has 1 atom stereocenters. The number of nitrogens with zero attached hydrogens (tertiary/aromatic N) is 2. The highest BCUT2D eigenvalue weighted by molar-refractivity contribution is 5.79. The Morgan fingerprint density at radius 3 is 2.33 bits per heavy atom. The summed E-state index contributed by atoms with van der Waals surface area (Å²) in [6.45, 7) is 7.89. The van der Waals surface area contributed by atoms with Gasteiger partial charge in [0.15, 0.2) is 0 Å². The Morgan fingerprint density at radius 1 is 1.19 bits per heavy atom. The lowest BCUT2D eigenvalue weighted by molar-refractivity contribution is -0.135. The van der Waals surface area contributed by atoms with E-state index in [0.29, 0.717) is 24.5 Å². The van der Waals surface area contributed by atoms with Crippen LogP contribution in [0.25, 0.3) is 0 Å². The number of hydrogen-bond acceptors (Lipinski definition) is 2. The molecule has 1 fully saturated rings. The molecular weight excluding hydrogens is 260 g/mol. The lowest BCUT2D eigenvalue weighted by atomic mass is 10.0. The van der Waals surface area contributed by atoms with Gasteiger partial charge in [0.25, 0.3) is 0 Å². The maximum Gasteiger partial charge on any atom is 0.237 e. The minimum absolute atomic E-state index is 0.275. The molecule has 0 saturated heterocycles. The zero-order valence-corrected chi connectivity index (χ0v) is 13.7. The van der Waals surface area contributed by atoms with Crippen LogP contribution in [0.5, 0.6) is 0 Å². The number of carbonyl (C=O) groups is 1. The Kier molecular flexibility index (Phi) is 5.40. The van der Waals surface area contributed by atoms with Gasteiger partial charge in [-0.3, -0.25) is 9.69 Å². The van der Waals surface area contributed by atoms with Crippen LogP contribution in [-0.2, 0) is 11.3 Å². The molecule has 0 aliphatic heterocycles. The van der Waals surface area contributed by atoms with Crippen molar-refractivity contribution in [3.63, 3.8) is 0 Å². The van der Waals surface area contributed by atoms with Gasteiger partial charge in [-0.05, 0) is 38.3 Å². The van der Waals surface area contributed by atoms with Gasteiger partial charge in [0.05, 0.1) is 6.54 Å². The first kappa shape index (κ1) is 16.0. The first-order valence-electron chi connectivity index (χ1n) is 8.02. The normalized spacial score (nSPS) is 16.3. The third-order valence-electron chi connectivity index (χ3n) is 4.33. The number of benzene rings is 1. The Bertz CT molecular complexity index is 454. The molecule has 0 aromatic heterocycles. The van der Waals surface area contributed by atoms with Crippen LogP contribution in [0.4, 0.5) is 0 Å². The number of rotatable bonds is 7. The predicted molar refractivity (Wildman–Crippen MR) is 86.9 cm³/mol. The summed E-state index contributed by atoms with van der Waals surface area (Å²) in [5, 5.41) is 0. The fourth-order valence-electron chi connectivity index (χ4n) is 2.70. The van der Waals surface area contributed by atoms with Crippen molar-refractivity contribution in [3.8, 4) is 0 Å². The summed E-state index contributed by atoms with van der Waals surface area (Å²) in [4.78, 5) is 16.9. The SMILES string of the molecule is CC(C)C(C)N(C(=O)CN(C)Cc1ccccc1)C1CC1. The third-order valence-corrected chi connectivity index (χ3v) is 4.33. The standard InChI is InChI=1S/C18H28N2O/c1-14(2)15(3)20(17-10-11-17)18(21)13-19(4)12-16-8-6-5-7-9-16/h5-9,14-15,17H,10-13H2,1-4H3. The molecule has 0 N–H and O–H groups in total. The lowest BCUT2D eigenvalue weighted by Gasteiger charge is -2.33. The van der Waals surface area contributed by atoms with Gasteiger partial charge in [0.2, 0.25) is 5.91 Å². The molecule has 0 radical (unpaired) electrons. The van der Waals surface area contributed by atoms with E-state index in [1.165, 1.54) is 18.4 Å². The van der Waals surface area contributed by atoms with Crippen molar-refractivity contribution in [2.45, 2.75) is 52.2 Å². The van der Waals surface area contributed by atoms with Crippen LogP contribution < -0.4 is 0 Å². The molecule has 1 aliphatic carbocycles. The molecule has 3 nitrogen and oxygen atoms in total. The van der Waals surface area contributed by atoms with Crippen LogP contribution in [-0.4, -0.2) is 41.4 Å². The van der Waals surface area contributed by atoms with Crippen molar-refractivity contribution in [1.29, 1.82) is 0 Å². The average molecular weight is 288 g/mol. The predicted octanol–water partition coefficient (Wildman–Crippen LogP) is 3.15. The quantitative estimate of drug-likeness (QED) is 0.769. The number of amides is 1. The van der Waals surface area contributed by atoms with Gasteiger partial charge < -0.3 is 4.90 Å². The lowest BCUT2D eigenvalue weighted by Crippen LogP contribution is -2.47. The summed E-state index contributed by atoms with van der Waals surface area (Å²) in [5.74, 6) is 0.783. The molecule has 116 valence electrons. The summed E-state index contributed by atoms with van der Waals surface area (Å²) < 4.78 is 0. The molecule has 1 saturated carbocycles. The molecule has 0 heterocycles. The van der Waals surface area contributed by atoms with E-state index in [1.807, 2.05) is 25.2 Å². The zero-order valence-electron chi connectivity index (χ0n) is 13.7. The number of carbonyl (C=O) groups excluding carboxylic acids is 1. The van der Waals surface area contributed by atoms with E-state index >= 15 is 0 Å². The molecule has 3 heteroatoms. The monoisotopic (exact) mass is 288 g/mol. The van der Waals surface area contributed by atoms with Crippen LogP contribution in [0.2, 0.25) is 0 Å². The van der Waals surface area contributed by atoms with Crippen LogP contribution in [0, 0.1) is 5.92 Å². The second-order valence-corrected chi connectivity index (χ2v) is 6.67. The molecule has 0 spiro atoms. The van der Waals surface area contributed by atoms with E-state index in [9.17, 15) is 4.79 Å². The topological polar surface area (TPSA) is 23.6 Å². The van der Waals surface area contributed by atoms with Crippen molar-refractivity contribution >= 4 is 5.91 Å². The number of likely N-dealkylation sites (N-methyl/N-ethyl adjacent to an activating group) is 1. The third kappa shape index (κ3) is 4.57. The summed E-state index contributed by atoms with van der Waals surface area (Å²) in [6, 6.07) is 11.1. The largest absolute Gasteiger partial charge is 0.336 e. The molecule has 0 bridgehead atoms. The van der Waals surface area contributed by atoms with Crippen LogP contribution >= 0.6 is 0 Å². The van der Waals surface area contributed by atoms with E-state index in [-0.39, 0.29) is 5.91 Å². The van der Waals surface area contributed by atoms with Gasteiger partial charge >= 0.3 is 0 Å². The molecule has 1 amide bonds. The molecule has 1 aromatic carbocycles. The van der Waals surface area contributed by atoms with Crippen molar-refractivity contribution in [2.24, 2.45) is 5.92 Å². The molecule has 1 unspecified atom stereocenters. The van der Waals surface area contributed by atoms with Gasteiger partial charge in [-0.25, -0.2) is 0 Å². The smallest absolute Gasteiger partial charge is 0.237 e.